The monoisotopic (exact) mass is 471 g/mol. The molecule has 4 rings (SSSR count). The third kappa shape index (κ3) is 3.60. The molecule has 0 radical (unpaired) electrons. The van der Waals surface area contributed by atoms with Gasteiger partial charge in [0, 0.05) is 28.8 Å². The third-order valence-corrected chi connectivity index (χ3v) is 6.32. The fraction of sp³-hybridized carbons (Fsp3) is 0.333. The molecule has 2 fully saturated rings. The molecule has 0 saturated carbocycles. The van der Waals surface area contributed by atoms with Crippen LogP contribution in [-0.2, 0) is 11.3 Å². The third-order valence-electron chi connectivity index (χ3n) is 5.61. The van der Waals surface area contributed by atoms with Crippen LogP contribution in [0.25, 0.3) is 0 Å². The lowest BCUT2D eigenvalue weighted by molar-refractivity contribution is -0.128. The predicted molar refractivity (Wildman–Crippen MR) is 112 cm³/mol. The first-order chi connectivity index (χ1) is 13.1. The van der Waals surface area contributed by atoms with Crippen molar-refractivity contribution in [3.05, 3.63) is 69.3 Å². The zero-order chi connectivity index (χ0) is 18.9. The molecule has 27 heavy (non-hydrogen) atoms. The Hall–Kier alpha value is -1.93. The van der Waals surface area contributed by atoms with Crippen molar-refractivity contribution >= 4 is 34.4 Å². The van der Waals surface area contributed by atoms with Gasteiger partial charge in [-0.05, 0) is 65.3 Å². The minimum atomic E-state index is -0.715. The Bertz CT molecular complexity index is 830. The molecule has 140 valence electrons. The second-order valence-electron chi connectivity index (χ2n) is 7.20. The number of carbonyl (C=O) groups excluding carboxylic acids is 2. The molecule has 0 atom stereocenters. The van der Waals surface area contributed by atoms with Gasteiger partial charge in [-0.3, -0.25) is 14.5 Å². The summed E-state index contributed by atoms with van der Waals surface area (Å²) >= 11 is 2.22. The number of carbonyl (C=O) groups is 2. The standard InChI is InChI=1S/C21H22IN3O2/c22-18-8-6-17(7-9-18)19(26)25-15-23-20(27)21(25)10-12-24(13-11-21)14-16-4-2-1-3-5-16/h1-9H,10-15H2,(H,23,27)/i22-4. The van der Waals surface area contributed by atoms with Gasteiger partial charge in [0.15, 0.2) is 0 Å². The Balaban J connectivity index is 1.48. The van der Waals surface area contributed by atoms with Crippen LogP contribution < -0.4 is 5.32 Å². The van der Waals surface area contributed by atoms with Crippen molar-refractivity contribution in [1.82, 2.24) is 15.1 Å². The molecule has 2 aromatic carbocycles. The van der Waals surface area contributed by atoms with Crippen LogP contribution in [-0.4, -0.2) is 46.9 Å². The Labute approximate surface area is 172 Å². The van der Waals surface area contributed by atoms with Crippen LogP contribution in [0, 0.1) is 3.57 Å². The predicted octanol–water partition coefficient (Wildman–Crippen LogP) is 2.86. The van der Waals surface area contributed by atoms with Gasteiger partial charge in [0.1, 0.15) is 5.54 Å². The highest BCUT2D eigenvalue weighted by molar-refractivity contribution is 14.1. The van der Waals surface area contributed by atoms with E-state index in [1.54, 1.807) is 4.90 Å². The average molecular weight is 471 g/mol. The molecule has 6 heteroatoms. The van der Waals surface area contributed by atoms with Gasteiger partial charge in [-0.25, -0.2) is 0 Å². The summed E-state index contributed by atoms with van der Waals surface area (Å²) in [5.74, 6) is -0.0815. The van der Waals surface area contributed by atoms with Gasteiger partial charge >= 0.3 is 0 Å². The van der Waals surface area contributed by atoms with Crippen molar-refractivity contribution in [1.29, 1.82) is 0 Å². The number of benzene rings is 2. The average Bonchev–Trinajstić information content (AvgIpc) is 3.00. The molecule has 1 N–H and O–H groups in total. The van der Waals surface area contributed by atoms with Crippen LogP contribution in [0.4, 0.5) is 0 Å². The Morgan fingerprint density at radius 1 is 1.04 bits per heavy atom. The van der Waals surface area contributed by atoms with E-state index in [1.807, 2.05) is 42.5 Å². The van der Waals surface area contributed by atoms with Crippen LogP contribution in [0.1, 0.15) is 28.8 Å². The zero-order valence-corrected chi connectivity index (χ0v) is 17.2. The number of nitrogens with one attached hydrogen (secondary N) is 1. The number of halogens is 1. The van der Waals surface area contributed by atoms with Gasteiger partial charge in [0.2, 0.25) is 5.91 Å². The van der Waals surface area contributed by atoms with Crippen molar-refractivity contribution in [3.63, 3.8) is 0 Å². The number of piperidine rings is 1. The van der Waals surface area contributed by atoms with Crippen molar-refractivity contribution in [3.8, 4) is 0 Å². The molecule has 2 aliphatic rings. The van der Waals surface area contributed by atoms with Gasteiger partial charge in [-0.15, -0.1) is 0 Å². The molecule has 0 aliphatic carbocycles. The zero-order valence-electron chi connectivity index (χ0n) is 15.0. The first-order valence-corrected chi connectivity index (χ1v) is 10.3. The molecule has 0 aromatic heterocycles. The number of nitrogens with zero attached hydrogens (tertiary/aromatic N) is 2. The normalized spacial score (nSPS) is 19.3. The van der Waals surface area contributed by atoms with Crippen LogP contribution in [0.3, 0.4) is 0 Å². The SMILES string of the molecule is O=C(c1ccc([123I])cc1)N1CNC(=O)C12CCN(Cc1ccccc1)CC2. The van der Waals surface area contributed by atoms with Crippen LogP contribution in [0.2, 0.25) is 0 Å². The minimum Gasteiger partial charge on any atom is -0.336 e. The lowest BCUT2D eigenvalue weighted by Gasteiger charge is -2.42. The summed E-state index contributed by atoms with van der Waals surface area (Å²) in [6.07, 6.45) is 1.34. The number of amides is 2. The van der Waals surface area contributed by atoms with E-state index in [0.29, 0.717) is 25.1 Å². The van der Waals surface area contributed by atoms with Gasteiger partial charge in [-0.1, -0.05) is 30.3 Å². The first-order valence-electron chi connectivity index (χ1n) is 9.21. The van der Waals surface area contributed by atoms with Gasteiger partial charge in [0.25, 0.3) is 5.91 Å². The van der Waals surface area contributed by atoms with Gasteiger partial charge in [-0.2, -0.15) is 0 Å². The maximum Gasteiger partial charge on any atom is 0.256 e. The number of hydrogen-bond donors (Lipinski definition) is 1. The Kier molecular flexibility index (Phi) is 5.19. The summed E-state index contributed by atoms with van der Waals surface area (Å²) in [4.78, 5) is 29.9. The van der Waals surface area contributed by atoms with Crippen molar-refractivity contribution in [2.45, 2.75) is 24.9 Å². The summed E-state index contributed by atoms with van der Waals surface area (Å²) in [5.41, 5.74) is 1.20. The van der Waals surface area contributed by atoms with Crippen LogP contribution in [0.5, 0.6) is 0 Å². The van der Waals surface area contributed by atoms with E-state index in [2.05, 4.69) is 44.9 Å². The van der Waals surface area contributed by atoms with E-state index in [9.17, 15) is 9.59 Å². The fourth-order valence-corrected chi connectivity index (χ4v) is 4.38. The van der Waals surface area contributed by atoms with E-state index in [4.69, 9.17) is 0 Å². The molecule has 2 heterocycles. The van der Waals surface area contributed by atoms with E-state index >= 15 is 0 Å². The molecular weight excluding hydrogens is 449 g/mol. The second-order valence-corrected chi connectivity index (χ2v) is 8.44. The largest absolute Gasteiger partial charge is 0.336 e. The van der Waals surface area contributed by atoms with E-state index < -0.39 is 5.54 Å². The first kappa shape index (κ1) is 18.4. The van der Waals surface area contributed by atoms with Crippen molar-refractivity contribution in [2.24, 2.45) is 0 Å². The molecule has 2 aromatic rings. The summed E-state index contributed by atoms with van der Waals surface area (Å²) in [6.45, 7) is 2.78. The van der Waals surface area contributed by atoms with Crippen LogP contribution >= 0.6 is 22.6 Å². The highest BCUT2D eigenvalue weighted by Crippen LogP contribution is 2.34. The van der Waals surface area contributed by atoms with Crippen molar-refractivity contribution < 1.29 is 9.59 Å². The van der Waals surface area contributed by atoms with Gasteiger partial charge in [0.05, 0.1) is 6.67 Å². The van der Waals surface area contributed by atoms with E-state index in [-0.39, 0.29) is 11.8 Å². The van der Waals surface area contributed by atoms with Crippen LogP contribution in [0.15, 0.2) is 54.6 Å². The highest BCUT2D eigenvalue weighted by atomic mass is 123. The maximum atomic E-state index is 13.1. The summed E-state index contributed by atoms with van der Waals surface area (Å²) in [6, 6.07) is 17.9. The summed E-state index contributed by atoms with van der Waals surface area (Å²) in [5, 5.41) is 2.90. The number of hydrogen-bond acceptors (Lipinski definition) is 3. The Morgan fingerprint density at radius 3 is 2.37 bits per heavy atom. The maximum absolute atomic E-state index is 13.1. The Morgan fingerprint density at radius 2 is 1.70 bits per heavy atom. The molecule has 2 aliphatic heterocycles. The molecule has 2 saturated heterocycles. The highest BCUT2D eigenvalue weighted by Gasteiger charge is 2.52. The quantitative estimate of drug-likeness (QED) is 0.701. The number of rotatable bonds is 3. The molecule has 5 nitrogen and oxygen atoms in total. The molecule has 0 bridgehead atoms. The minimum absolute atomic E-state index is 0.0132. The topological polar surface area (TPSA) is 52.7 Å². The lowest BCUT2D eigenvalue weighted by Crippen LogP contribution is -2.57. The van der Waals surface area contributed by atoms with E-state index in [0.717, 1.165) is 23.2 Å². The molecule has 2 amide bonds. The lowest BCUT2D eigenvalue weighted by atomic mass is 9.85. The smallest absolute Gasteiger partial charge is 0.256 e. The van der Waals surface area contributed by atoms with E-state index in [1.165, 1.54) is 5.56 Å². The molecular formula is C21H22IN3O2. The van der Waals surface area contributed by atoms with Crippen molar-refractivity contribution in [2.75, 3.05) is 19.8 Å². The molecule has 1 spiro atoms. The number of likely N-dealkylation sites (tertiary alicyclic amines) is 1. The second kappa shape index (κ2) is 7.59. The summed E-state index contributed by atoms with van der Waals surface area (Å²) < 4.78 is 1.09. The summed E-state index contributed by atoms with van der Waals surface area (Å²) in [7, 11) is 0. The van der Waals surface area contributed by atoms with Gasteiger partial charge < -0.3 is 10.2 Å². The fourth-order valence-electron chi connectivity index (χ4n) is 4.02. The molecule has 0 unspecified atom stereocenters.